The van der Waals surface area contributed by atoms with E-state index in [9.17, 15) is 4.79 Å². The van der Waals surface area contributed by atoms with E-state index in [0.717, 1.165) is 10.6 Å². The van der Waals surface area contributed by atoms with Crippen LogP contribution in [0.2, 0.25) is 0 Å². The molecule has 4 aromatic rings. The molecule has 148 valence electrons. The minimum atomic E-state index is -0.287. The van der Waals surface area contributed by atoms with E-state index in [1.54, 1.807) is 30.7 Å². The molecule has 0 spiro atoms. The molecular weight excluding hydrogens is 412 g/mol. The number of carbonyl (C=O) groups is 1. The van der Waals surface area contributed by atoms with Crippen LogP contribution in [-0.2, 0) is 5.75 Å². The lowest BCUT2D eigenvalue weighted by molar-refractivity contribution is 0.101. The number of rotatable bonds is 7. The Bertz CT molecular complexity index is 1110. The number of aromatic nitrogens is 3. The van der Waals surface area contributed by atoms with Crippen LogP contribution in [0.25, 0.3) is 0 Å². The number of nitrogens with zero attached hydrogens (tertiary/aromatic N) is 3. The highest BCUT2D eigenvalue weighted by Gasteiger charge is 2.17. The zero-order chi connectivity index (χ0) is 20.6. The number of benzene rings is 2. The maximum absolute atomic E-state index is 13.0. The number of hydrogen-bond donors (Lipinski definition) is 1. The lowest BCUT2D eigenvalue weighted by Gasteiger charge is -2.10. The molecule has 0 saturated carbocycles. The molecule has 1 amide bonds. The first-order valence-electron chi connectivity index (χ1n) is 9.26. The van der Waals surface area contributed by atoms with Gasteiger partial charge < -0.3 is 5.32 Å². The molecular formula is C23H18N4OS2. The van der Waals surface area contributed by atoms with E-state index in [2.05, 4.69) is 32.4 Å². The third kappa shape index (κ3) is 5.46. The predicted molar refractivity (Wildman–Crippen MR) is 121 cm³/mol. The molecule has 0 radical (unpaired) electrons. The number of hydrogen-bond acceptors (Lipinski definition) is 6. The van der Waals surface area contributed by atoms with Gasteiger partial charge in [0.25, 0.3) is 5.91 Å². The number of anilines is 1. The summed E-state index contributed by atoms with van der Waals surface area (Å²) in [6.07, 6.45) is 4.99. The summed E-state index contributed by atoms with van der Waals surface area (Å²) in [7, 11) is 0. The van der Waals surface area contributed by atoms with E-state index in [0.29, 0.717) is 21.4 Å². The van der Waals surface area contributed by atoms with Crippen LogP contribution in [0, 0.1) is 0 Å². The molecule has 0 bridgehead atoms. The van der Waals surface area contributed by atoms with Crippen LogP contribution in [-0.4, -0.2) is 20.9 Å². The first-order valence-corrected chi connectivity index (χ1v) is 11.1. The molecule has 0 aliphatic carbocycles. The molecule has 4 rings (SSSR count). The molecule has 2 heterocycles. The predicted octanol–water partition coefficient (Wildman–Crippen LogP) is 5.57. The van der Waals surface area contributed by atoms with Gasteiger partial charge in [0.05, 0.1) is 16.8 Å². The van der Waals surface area contributed by atoms with E-state index >= 15 is 0 Å². The van der Waals surface area contributed by atoms with Crippen molar-refractivity contribution < 1.29 is 4.79 Å². The Balaban J connectivity index is 1.59. The van der Waals surface area contributed by atoms with Crippen LogP contribution in [0.15, 0.2) is 106 Å². The van der Waals surface area contributed by atoms with Crippen molar-refractivity contribution in [2.45, 2.75) is 20.7 Å². The fraction of sp³-hybridized carbons (Fsp3) is 0.0435. The van der Waals surface area contributed by atoms with Crippen LogP contribution >= 0.6 is 23.5 Å². The fourth-order valence-corrected chi connectivity index (χ4v) is 4.28. The summed E-state index contributed by atoms with van der Waals surface area (Å²) in [5.41, 5.74) is 2.14. The summed E-state index contributed by atoms with van der Waals surface area (Å²) in [5, 5.41) is 3.43. The minimum absolute atomic E-state index is 0.287. The Labute approximate surface area is 183 Å². The number of pyridine rings is 1. The van der Waals surface area contributed by atoms with Crippen molar-refractivity contribution in [2.24, 2.45) is 0 Å². The van der Waals surface area contributed by atoms with Gasteiger partial charge in [-0.1, -0.05) is 72.1 Å². The van der Waals surface area contributed by atoms with Gasteiger partial charge in [-0.3, -0.25) is 9.78 Å². The van der Waals surface area contributed by atoms with Gasteiger partial charge in [0.2, 0.25) is 0 Å². The number of carbonyl (C=O) groups excluding carboxylic acids is 1. The molecule has 0 fully saturated rings. The molecule has 2 aromatic heterocycles. The summed E-state index contributed by atoms with van der Waals surface area (Å²) in [5.74, 6) is 0.445. The monoisotopic (exact) mass is 430 g/mol. The zero-order valence-corrected chi connectivity index (χ0v) is 17.6. The molecule has 5 nitrogen and oxygen atoms in total. The van der Waals surface area contributed by atoms with Crippen molar-refractivity contribution >= 4 is 35.1 Å². The third-order valence-electron chi connectivity index (χ3n) is 4.05. The average Bonchev–Trinajstić information content (AvgIpc) is 2.80. The highest BCUT2D eigenvalue weighted by Crippen LogP contribution is 2.31. The lowest BCUT2D eigenvalue weighted by Crippen LogP contribution is -2.16. The molecule has 0 aliphatic rings. The van der Waals surface area contributed by atoms with Gasteiger partial charge in [-0.25, -0.2) is 9.97 Å². The molecule has 0 unspecified atom stereocenters. The van der Waals surface area contributed by atoms with Gasteiger partial charge in [0.15, 0.2) is 5.16 Å². The maximum atomic E-state index is 13.0. The Hall–Kier alpha value is -3.16. The van der Waals surface area contributed by atoms with Gasteiger partial charge in [0.1, 0.15) is 5.69 Å². The topological polar surface area (TPSA) is 67.8 Å². The Morgan fingerprint density at radius 1 is 0.900 bits per heavy atom. The fourth-order valence-electron chi connectivity index (χ4n) is 2.63. The molecule has 30 heavy (non-hydrogen) atoms. The summed E-state index contributed by atoms with van der Waals surface area (Å²) in [4.78, 5) is 27.8. The quantitative estimate of drug-likeness (QED) is 0.305. The summed E-state index contributed by atoms with van der Waals surface area (Å²) >= 11 is 2.97. The van der Waals surface area contributed by atoms with E-state index < -0.39 is 0 Å². The summed E-state index contributed by atoms with van der Waals surface area (Å²) < 4.78 is 0. The van der Waals surface area contributed by atoms with Crippen molar-refractivity contribution in [3.63, 3.8) is 0 Å². The molecule has 0 aliphatic heterocycles. The largest absolute Gasteiger partial charge is 0.319 e. The zero-order valence-electron chi connectivity index (χ0n) is 15.9. The number of nitrogens with one attached hydrogen (secondary N) is 1. The number of amides is 1. The highest BCUT2D eigenvalue weighted by atomic mass is 32.2. The molecule has 1 N–H and O–H groups in total. The second-order valence-electron chi connectivity index (χ2n) is 6.25. The first-order chi connectivity index (χ1) is 14.8. The van der Waals surface area contributed by atoms with E-state index in [-0.39, 0.29) is 5.91 Å². The molecule has 0 atom stereocenters. The van der Waals surface area contributed by atoms with Crippen LogP contribution in [0.4, 0.5) is 5.69 Å². The normalized spacial score (nSPS) is 10.5. The van der Waals surface area contributed by atoms with Crippen molar-refractivity contribution in [2.75, 3.05) is 5.32 Å². The smallest absolute Gasteiger partial charge is 0.275 e. The van der Waals surface area contributed by atoms with Gasteiger partial charge in [-0.05, 0) is 29.8 Å². The minimum Gasteiger partial charge on any atom is -0.319 e. The third-order valence-corrected chi connectivity index (χ3v) is 6.01. The van der Waals surface area contributed by atoms with Crippen molar-refractivity contribution in [1.82, 2.24) is 15.0 Å². The SMILES string of the molecule is O=C(Nc1cccnc1)c1nc(SCc2ccccc2)ncc1Sc1ccccc1. The molecule has 7 heteroatoms. The van der Waals surface area contributed by atoms with E-state index in [1.807, 2.05) is 48.5 Å². The standard InChI is InChI=1S/C23H18N4OS2/c28-22(26-18-10-7-13-24-14-18)21-20(30-19-11-5-2-6-12-19)15-25-23(27-21)29-16-17-8-3-1-4-9-17/h1-15H,16H2,(H,26,28). The maximum Gasteiger partial charge on any atom is 0.275 e. The van der Waals surface area contributed by atoms with Gasteiger partial charge >= 0.3 is 0 Å². The van der Waals surface area contributed by atoms with Crippen LogP contribution in [0.3, 0.4) is 0 Å². The van der Waals surface area contributed by atoms with E-state index in [4.69, 9.17) is 0 Å². The Morgan fingerprint density at radius 3 is 2.40 bits per heavy atom. The summed E-state index contributed by atoms with van der Waals surface area (Å²) in [6, 6.07) is 23.5. The highest BCUT2D eigenvalue weighted by molar-refractivity contribution is 7.99. The summed E-state index contributed by atoms with van der Waals surface area (Å²) in [6.45, 7) is 0. The van der Waals surface area contributed by atoms with E-state index in [1.165, 1.54) is 29.1 Å². The van der Waals surface area contributed by atoms with Crippen molar-refractivity contribution in [3.05, 3.63) is 103 Å². The lowest BCUT2D eigenvalue weighted by atomic mass is 10.2. The number of thioether (sulfide) groups is 1. The van der Waals surface area contributed by atoms with Gasteiger partial charge in [-0.2, -0.15) is 0 Å². The Kier molecular flexibility index (Phi) is 6.74. The van der Waals surface area contributed by atoms with Crippen LogP contribution in [0.1, 0.15) is 16.1 Å². The second-order valence-corrected chi connectivity index (χ2v) is 8.31. The van der Waals surface area contributed by atoms with Crippen LogP contribution < -0.4 is 5.32 Å². The molecule has 2 aromatic carbocycles. The van der Waals surface area contributed by atoms with Crippen molar-refractivity contribution in [3.8, 4) is 0 Å². The average molecular weight is 431 g/mol. The Morgan fingerprint density at radius 2 is 1.67 bits per heavy atom. The van der Waals surface area contributed by atoms with Crippen molar-refractivity contribution in [1.29, 1.82) is 0 Å². The van der Waals surface area contributed by atoms with Gasteiger partial charge in [-0.15, -0.1) is 0 Å². The molecule has 0 saturated heterocycles. The second kappa shape index (κ2) is 10.0. The first kappa shape index (κ1) is 20.1. The van der Waals surface area contributed by atoms with Crippen LogP contribution in [0.5, 0.6) is 0 Å². The van der Waals surface area contributed by atoms with Gasteiger partial charge in [0, 0.05) is 23.0 Å².